The average Bonchev–Trinajstić information content (AvgIpc) is 2.61. The summed E-state index contributed by atoms with van der Waals surface area (Å²) >= 11 is 4.92. The van der Waals surface area contributed by atoms with Gasteiger partial charge in [0.2, 0.25) is 0 Å². The van der Waals surface area contributed by atoms with Gasteiger partial charge in [0.1, 0.15) is 0 Å². The van der Waals surface area contributed by atoms with E-state index in [-0.39, 0.29) is 24.1 Å². The van der Waals surface area contributed by atoms with Gasteiger partial charge in [-0.3, -0.25) is 9.59 Å². The number of rotatable bonds is 7. The Kier molecular flexibility index (Phi) is 7.26. The van der Waals surface area contributed by atoms with E-state index in [9.17, 15) is 9.59 Å². The average molecular weight is 421 g/mol. The van der Waals surface area contributed by atoms with Crippen LogP contribution in [0.4, 0.5) is 0 Å². The van der Waals surface area contributed by atoms with Gasteiger partial charge in [-0.1, -0.05) is 47.1 Å². The predicted octanol–water partition coefficient (Wildman–Crippen LogP) is 5.15. The highest BCUT2D eigenvalue weighted by Gasteiger charge is 2.12. The molecule has 5 heteroatoms. The lowest BCUT2D eigenvalue weighted by Crippen LogP contribution is -2.15. The molecule has 0 unspecified atom stereocenters. The monoisotopic (exact) mass is 420 g/mol. The molecule has 0 aromatic heterocycles. The Balaban J connectivity index is 1.84. The van der Waals surface area contributed by atoms with Crippen LogP contribution in [-0.2, 0) is 16.0 Å². The van der Waals surface area contributed by atoms with Crippen molar-refractivity contribution < 1.29 is 14.3 Å². The summed E-state index contributed by atoms with van der Waals surface area (Å²) in [5, 5.41) is 0. The molecule has 0 aliphatic carbocycles. The Morgan fingerprint density at radius 1 is 1.08 bits per heavy atom. The fourth-order valence-electron chi connectivity index (χ4n) is 2.24. The number of thioether (sulfide) groups is 1. The van der Waals surface area contributed by atoms with E-state index in [4.69, 9.17) is 4.74 Å². The van der Waals surface area contributed by atoms with Crippen LogP contribution in [0.25, 0.3) is 0 Å². The van der Waals surface area contributed by atoms with Gasteiger partial charge in [0.25, 0.3) is 0 Å². The largest absolute Gasteiger partial charge is 0.457 e. The summed E-state index contributed by atoms with van der Waals surface area (Å²) in [6.45, 7) is 5.85. The molecule has 0 amide bonds. The Labute approximate surface area is 161 Å². The maximum Gasteiger partial charge on any atom is 0.316 e. The highest BCUT2D eigenvalue weighted by Crippen LogP contribution is 2.28. The van der Waals surface area contributed by atoms with Crippen LogP contribution >= 0.6 is 27.7 Å². The van der Waals surface area contributed by atoms with Crippen LogP contribution in [0.5, 0.6) is 0 Å². The van der Waals surface area contributed by atoms with E-state index in [1.54, 1.807) is 12.1 Å². The Hall–Kier alpha value is -1.59. The molecule has 0 heterocycles. The van der Waals surface area contributed by atoms with Crippen LogP contribution in [0.1, 0.15) is 34.0 Å². The van der Waals surface area contributed by atoms with E-state index in [1.165, 1.54) is 17.3 Å². The number of Topliss-reactive ketones (excluding diaryl/α,β-unsaturated/α-hetero) is 1. The number of ketones is 1. The number of carbonyl (C=O) groups is 2. The second-order valence-electron chi connectivity index (χ2n) is 5.79. The van der Waals surface area contributed by atoms with Gasteiger partial charge in [-0.25, -0.2) is 0 Å². The minimum atomic E-state index is -0.386. The summed E-state index contributed by atoms with van der Waals surface area (Å²) in [6.07, 6.45) is 0.926. The van der Waals surface area contributed by atoms with Crippen LogP contribution < -0.4 is 0 Å². The third-order valence-electron chi connectivity index (χ3n) is 3.85. The molecule has 0 saturated carbocycles. The Morgan fingerprint density at radius 3 is 2.40 bits per heavy atom. The standard InChI is InChI=1S/C20H21BrO3S/c1-4-15-5-7-16(8-6-15)18(22)11-24-20(23)12-25-19-10-13(2)17(21)9-14(19)3/h5-10H,4,11-12H2,1-3H3. The van der Waals surface area contributed by atoms with Crippen LogP contribution in [0.3, 0.4) is 0 Å². The molecule has 25 heavy (non-hydrogen) atoms. The SMILES string of the molecule is CCc1ccc(C(=O)COC(=O)CSc2cc(C)c(Br)cc2C)cc1. The third-order valence-corrected chi connectivity index (χ3v) is 5.84. The van der Waals surface area contributed by atoms with Crippen molar-refractivity contribution in [3.8, 4) is 0 Å². The number of carbonyl (C=O) groups excluding carboxylic acids is 2. The molecule has 0 aliphatic rings. The van der Waals surface area contributed by atoms with Crippen LogP contribution in [-0.4, -0.2) is 24.1 Å². The number of aryl methyl sites for hydroxylation is 3. The van der Waals surface area contributed by atoms with E-state index >= 15 is 0 Å². The van der Waals surface area contributed by atoms with Gasteiger partial charge >= 0.3 is 5.97 Å². The van der Waals surface area contributed by atoms with E-state index < -0.39 is 0 Å². The van der Waals surface area contributed by atoms with Crippen molar-refractivity contribution in [2.75, 3.05) is 12.4 Å². The molecule has 0 radical (unpaired) electrons. The Bertz CT molecular complexity index is 769. The summed E-state index contributed by atoms with van der Waals surface area (Å²) < 4.78 is 6.16. The second-order valence-corrected chi connectivity index (χ2v) is 7.66. The molecule has 0 bridgehead atoms. The van der Waals surface area contributed by atoms with Crippen molar-refractivity contribution in [1.82, 2.24) is 0 Å². The van der Waals surface area contributed by atoms with Gasteiger partial charge in [-0.2, -0.15) is 0 Å². The normalized spacial score (nSPS) is 10.6. The topological polar surface area (TPSA) is 43.4 Å². The molecule has 2 rings (SSSR count). The van der Waals surface area contributed by atoms with Crippen LogP contribution in [0.2, 0.25) is 0 Å². The summed E-state index contributed by atoms with van der Waals surface area (Å²) in [4.78, 5) is 25.0. The number of hydrogen-bond acceptors (Lipinski definition) is 4. The maximum absolute atomic E-state index is 12.1. The van der Waals surface area contributed by atoms with Gasteiger partial charge in [-0.05, 0) is 49.1 Å². The molecule has 0 N–H and O–H groups in total. The van der Waals surface area contributed by atoms with E-state index in [2.05, 4.69) is 22.9 Å². The molecule has 2 aromatic rings. The highest BCUT2D eigenvalue weighted by molar-refractivity contribution is 9.10. The zero-order valence-corrected chi connectivity index (χ0v) is 17.0. The van der Waals surface area contributed by atoms with Gasteiger partial charge in [0.15, 0.2) is 12.4 Å². The molecule has 0 aliphatic heterocycles. The lowest BCUT2D eigenvalue weighted by atomic mass is 10.1. The number of halogens is 1. The van der Waals surface area contributed by atoms with Crippen molar-refractivity contribution in [3.05, 3.63) is 63.1 Å². The van der Waals surface area contributed by atoms with E-state index in [0.717, 1.165) is 26.9 Å². The summed E-state index contributed by atoms with van der Waals surface area (Å²) in [5.74, 6) is -0.385. The van der Waals surface area contributed by atoms with Crippen molar-refractivity contribution in [3.63, 3.8) is 0 Å². The molecule has 3 nitrogen and oxygen atoms in total. The molecule has 132 valence electrons. The van der Waals surface area contributed by atoms with Crippen molar-refractivity contribution in [2.45, 2.75) is 32.1 Å². The molecule has 0 fully saturated rings. The number of hydrogen-bond donors (Lipinski definition) is 0. The number of benzene rings is 2. The van der Waals surface area contributed by atoms with Gasteiger partial charge in [0, 0.05) is 14.9 Å². The van der Waals surface area contributed by atoms with E-state index in [1.807, 2.05) is 38.1 Å². The lowest BCUT2D eigenvalue weighted by Gasteiger charge is -2.09. The summed E-state index contributed by atoms with van der Waals surface area (Å²) in [6, 6.07) is 11.5. The van der Waals surface area contributed by atoms with Crippen LogP contribution in [0.15, 0.2) is 45.8 Å². The fourth-order valence-corrected chi connectivity index (χ4v) is 3.61. The number of esters is 1. The highest BCUT2D eigenvalue weighted by atomic mass is 79.9. The smallest absolute Gasteiger partial charge is 0.316 e. The molecule has 2 aromatic carbocycles. The molecular formula is C20H21BrO3S. The zero-order chi connectivity index (χ0) is 18.4. The quantitative estimate of drug-likeness (QED) is 0.353. The molecule has 0 atom stereocenters. The first kappa shape index (κ1) is 19.7. The summed E-state index contributed by atoms with van der Waals surface area (Å²) in [5.41, 5.74) is 3.96. The molecule has 0 spiro atoms. The first-order valence-corrected chi connectivity index (χ1v) is 9.86. The minimum Gasteiger partial charge on any atom is -0.457 e. The van der Waals surface area contributed by atoms with E-state index in [0.29, 0.717) is 5.56 Å². The molecular weight excluding hydrogens is 400 g/mol. The van der Waals surface area contributed by atoms with Crippen LogP contribution in [0, 0.1) is 13.8 Å². The van der Waals surface area contributed by atoms with Crippen molar-refractivity contribution in [1.29, 1.82) is 0 Å². The maximum atomic E-state index is 12.1. The Morgan fingerprint density at radius 2 is 1.76 bits per heavy atom. The van der Waals surface area contributed by atoms with Crippen molar-refractivity contribution >= 4 is 39.4 Å². The fraction of sp³-hybridized carbons (Fsp3) is 0.300. The first-order chi connectivity index (χ1) is 11.9. The van der Waals surface area contributed by atoms with Gasteiger partial charge < -0.3 is 4.74 Å². The predicted molar refractivity (Wildman–Crippen MR) is 105 cm³/mol. The third kappa shape index (κ3) is 5.72. The molecule has 0 saturated heterocycles. The second kappa shape index (κ2) is 9.20. The van der Waals surface area contributed by atoms with Crippen molar-refractivity contribution in [2.24, 2.45) is 0 Å². The van der Waals surface area contributed by atoms with Gasteiger partial charge in [-0.15, -0.1) is 11.8 Å². The minimum absolute atomic E-state index is 0.184. The summed E-state index contributed by atoms with van der Waals surface area (Å²) in [7, 11) is 0. The number of ether oxygens (including phenoxy) is 1. The lowest BCUT2D eigenvalue weighted by molar-refractivity contribution is -0.139. The zero-order valence-electron chi connectivity index (χ0n) is 14.6. The first-order valence-electron chi connectivity index (χ1n) is 8.08. The van der Waals surface area contributed by atoms with Gasteiger partial charge in [0.05, 0.1) is 5.75 Å².